The highest BCUT2D eigenvalue weighted by atomic mass is 79.9. The molecule has 2 rings (SSSR count). The van der Waals surface area contributed by atoms with Crippen molar-refractivity contribution < 1.29 is 4.79 Å². The number of rotatable bonds is 4. The van der Waals surface area contributed by atoms with Crippen molar-refractivity contribution in [2.24, 2.45) is 0 Å². The minimum atomic E-state index is 0.119. The first-order valence-electron chi connectivity index (χ1n) is 5.08. The summed E-state index contributed by atoms with van der Waals surface area (Å²) in [5.74, 6) is 0.534. The van der Waals surface area contributed by atoms with Crippen LogP contribution in [-0.4, -0.2) is 16.5 Å². The second-order valence-electron chi connectivity index (χ2n) is 3.39. The van der Waals surface area contributed by atoms with E-state index in [1.807, 2.05) is 42.5 Å². The summed E-state index contributed by atoms with van der Waals surface area (Å²) in [5.41, 5.74) is 0.733. The van der Waals surface area contributed by atoms with Gasteiger partial charge >= 0.3 is 0 Å². The molecule has 0 aliphatic heterocycles. The average molecular weight is 308 g/mol. The number of hydrogen-bond donors (Lipinski definition) is 0. The van der Waals surface area contributed by atoms with Gasteiger partial charge in [0.25, 0.3) is 0 Å². The van der Waals surface area contributed by atoms with E-state index in [2.05, 4.69) is 20.9 Å². The van der Waals surface area contributed by atoms with E-state index in [4.69, 9.17) is 0 Å². The summed E-state index contributed by atoms with van der Waals surface area (Å²) in [6.45, 7) is 0. The van der Waals surface area contributed by atoms with Crippen LogP contribution in [0.15, 0.2) is 58.2 Å². The Morgan fingerprint density at radius 2 is 1.94 bits per heavy atom. The Bertz CT molecular complexity index is 499. The molecule has 0 atom stereocenters. The molecule has 0 unspecified atom stereocenters. The SMILES string of the molecule is O=C(CSc1ccccn1)c1ccc(Br)cc1. The molecule has 2 aromatic rings. The van der Waals surface area contributed by atoms with Crippen LogP contribution >= 0.6 is 27.7 Å². The van der Waals surface area contributed by atoms with Crippen LogP contribution in [0.2, 0.25) is 0 Å². The lowest BCUT2D eigenvalue weighted by Crippen LogP contribution is -2.02. The summed E-state index contributed by atoms with van der Waals surface area (Å²) in [7, 11) is 0. The zero-order chi connectivity index (χ0) is 12.1. The fourth-order valence-corrected chi connectivity index (χ4v) is 2.31. The van der Waals surface area contributed by atoms with Crippen molar-refractivity contribution in [1.82, 2.24) is 4.98 Å². The summed E-state index contributed by atoms with van der Waals surface area (Å²) in [6, 6.07) is 13.1. The van der Waals surface area contributed by atoms with Gasteiger partial charge < -0.3 is 0 Å². The van der Waals surface area contributed by atoms with Crippen LogP contribution in [-0.2, 0) is 0 Å². The van der Waals surface area contributed by atoms with E-state index in [9.17, 15) is 4.79 Å². The molecule has 0 fully saturated rings. The van der Waals surface area contributed by atoms with Crippen molar-refractivity contribution in [3.05, 3.63) is 58.7 Å². The first-order valence-corrected chi connectivity index (χ1v) is 6.86. The quantitative estimate of drug-likeness (QED) is 0.635. The zero-order valence-electron chi connectivity index (χ0n) is 8.97. The smallest absolute Gasteiger partial charge is 0.173 e. The van der Waals surface area contributed by atoms with Gasteiger partial charge in [0.05, 0.1) is 10.8 Å². The van der Waals surface area contributed by atoms with Gasteiger partial charge in [-0.1, -0.05) is 45.9 Å². The lowest BCUT2D eigenvalue weighted by atomic mass is 10.2. The van der Waals surface area contributed by atoms with Gasteiger partial charge in [-0.15, -0.1) is 0 Å². The summed E-state index contributed by atoms with van der Waals surface area (Å²) in [4.78, 5) is 16.0. The van der Waals surface area contributed by atoms with E-state index >= 15 is 0 Å². The Labute approximate surface area is 113 Å². The molecule has 1 aromatic carbocycles. The predicted molar refractivity (Wildman–Crippen MR) is 73.4 cm³/mol. The number of thioether (sulfide) groups is 1. The van der Waals surface area contributed by atoms with E-state index in [-0.39, 0.29) is 5.78 Å². The third-order valence-electron chi connectivity index (χ3n) is 2.16. The van der Waals surface area contributed by atoms with Crippen molar-refractivity contribution in [2.45, 2.75) is 5.03 Å². The number of ketones is 1. The number of pyridine rings is 1. The highest BCUT2D eigenvalue weighted by Gasteiger charge is 2.06. The van der Waals surface area contributed by atoms with E-state index < -0.39 is 0 Å². The molecule has 86 valence electrons. The molecule has 4 heteroatoms. The number of nitrogens with zero attached hydrogens (tertiary/aromatic N) is 1. The third kappa shape index (κ3) is 3.68. The van der Waals surface area contributed by atoms with Gasteiger partial charge in [-0.05, 0) is 24.3 Å². The van der Waals surface area contributed by atoms with Crippen molar-refractivity contribution in [3.8, 4) is 0 Å². The molecule has 0 bridgehead atoms. The Morgan fingerprint density at radius 1 is 1.18 bits per heavy atom. The molecule has 0 N–H and O–H groups in total. The van der Waals surface area contributed by atoms with Crippen molar-refractivity contribution in [2.75, 3.05) is 5.75 Å². The molecule has 0 amide bonds. The van der Waals surface area contributed by atoms with Crippen LogP contribution in [0, 0.1) is 0 Å². The number of halogens is 1. The summed E-state index contributed by atoms with van der Waals surface area (Å²) in [6.07, 6.45) is 1.73. The normalized spacial score (nSPS) is 10.2. The van der Waals surface area contributed by atoms with Gasteiger partial charge in [0.1, 0.15) is 0 Å². The van der Waals surface area contributed by atoms with Crippen LogP contribution in [0.25, 0.3) is 0 Å². The van der Waals surface area contributed by atoms with Gasteiger partial charge in [-0.25, -0.2) is 4.98 Å². The number of aromatic nitrogens is 1. The molecule has 2 nitrogen and oxygen atoms in total. The van der Waals surface area contributed by atoms with E-state index in [1.54, 1.807) is 6.20 Å². The zero-order valence-corrected chi connectivity index (χ0v) is 11.4. The Hall–Kier alpha value is -1.13. The van der Waals surface area contributed by atoms with Crippen LogP contribution < -0.4 is 0 Å². The maximum Gasteiger partial charge on any atom is 0.173 e. The Morgan fingerprint density at radius 3 is 2.59 bits per heavy atom. The van der Waals surface area contributed by atoms with Crippen molar-refractivity contribution in [1.29, 1.82) is 0 Å². The largest absolute Gasteiger partial charge is 0.293 e. The minimum absolute atomic E-state index is 0.119. The summed E-state index contributed by atoms with van der Waals surface area (Å²) < 4.78 is 0.978. The van der Waals surface area contributed by atoms with E-state index in [0.717, 1.165) is 15.1 Å². The lowest BCUT2D eigenvalue weighted by molar-refractivity contribution is 0.102. The Kier molecular flexibility index (Phi) is 4.34. The van der Waals surface area contributed by atoms with Crippen molar-refractivity contribution >= 4 is 33.5 Å². The van der Waals surface area contributed by atoms with Crippen LogP contribution in [0.3, 0.4) is 0 Å². The van der Waals surface area contributed by atoms with Gasteiger partial charge in [-0.2, -0.15) is 0 Å². The average Bonchev–Trinajstić information content (AvgIpc) is 2.38. The summed E-state index contributed by atoms with van der Waals surface area (Å²) in [5, 5.41) is 0.873. The highest BCUT2D eigenvalue weighted by Crippen LogP contribution is 2.17. The maximum absolute atomic E-state index is 11.9. The van der Waals surface area contributed by atoms with Crippen LogP contribution in [0.4, 0.5) is 0 Å². The number of benzene rings is 1. The molecule has 1 aromatic heterocycles. The van der Waals surface area contributed by atoms with Gasteiger partial charge in [-0.3, -0.25) is 4.79 Å². The number of Topliss-reactive ketones (excluding diaryl/α,β-unsaturated/α-hetero) is 1. The molecule has 0 aliphatic carbocycles. The van der Waals surface area contributed by atoms with E-state index in [0.29, 0.717) is 5.75 Å². The van der Waals surface area contributed by atoms with Gasteiger partial charge in [0, 0.05) is 16.2 Å². The van der Waals surface area contributed by atoms with Gasteiger partial charge in [0.15, 0.2) is 5.78 Å². The molecule has 0 saturated carbocycles. The fourth-order valence-electron chi connectivity index (χ4n) is 1.29. The number of hydrogen-bond acceptors (Lipinski definition) is 3. The van der Waals surface area contributed by atoms with Crippen LogP contribution in [0.5, 0.6) is 0 Å². The number of carbonyl (C=O) groups excluding carboxylic acids is 1. The molecule has 0 radical (unpaired) electrons. The first-order chi connectivity index (χ1) is 8.25. The second-order valence-corrected chi connectivity index (χ2v) is 5.30. The Balaban J connectivity index is 1.96. The third-order valence-corrected chi connectivity index (χ3v) is 3.63. The monoisotopic (exact) mass is 307 g/mol. The lowest BCUT2D eigenvalue weighted by Gasteiger charge is -2.01. The first kappa shape index (κ1) is 12.3. The van der Waals surface area contributed by atoms with E-state index in [1.165, 1.54) is 11.8 Å². The minimum Gasteiger partial charge on any atom is -0.293 e. The maximum atomic E-state index is 11.9. The number of carbonyl (C=O) groups is 1. The molecule has 0 spiro atoms. The summed E-state index contributed by atoms with van der Waals surface area (Å²) >= 11 is 4.80. The predicted octanol–water partition coefficient (Wildman–Crippen LogP) is 3.82. The molecular weight excluding hydrogens is 298 g/mol. The topological polar surface area (TPSA) is 30.0 Å². The highest BCUT2D eigenvalue weighted by molar-refractivity contribution is 9.10. The van der Waals surface area contributed by atoms with Crippen molar-refractivity contribution in [3.63, 3.8) is 0 Å². The molecule has 0 saturated heterocycles. The molecule has 0 aliphatic rings. The second kappa shape index (κ2) is 5.98. The molecular formula is C13H10BrNOS. The molecule has 17 heavy (non-hydrogen) atoms. The fraction of sp³-hybridized carbons (Fsp3) is 0.0769. The standard InChI is InChI=1S/C13H10BrNOS/c14-11-6-4-10(5-7-11)12(16)9-17-13-3-1-2-8-15-13/h1-8H,9H2. The molecule has 1 heterocycles. The van der Waals surface area contributed by atoms with Crippen LogP contribution in [0.1, 0.15) is 10.4 Å². The van der Waals surface area contributed by atoms with Gasteiger partial charge in [0.2, 0.25) is 0 Å².